The standard InChI is InChI=1S/C28H26FN5O3/c29-23-13-17(21-7-2-1-4-19(21)14-31-10-11-35)8-9-22(23)25-27(36)26-24(15-32-25)33-16-34(26)20-6-3-5-18(12-20)28(30)37/h1-9,12-13,16,25,31-32,35H,10-11,14-15H2,(H2,30,37). The van der Waals surface area contributed by atoms with Crippen LogP contribution in [0.25, 0.3) is 16.8 Å². The first-order valence-corrected chi connectivity index (χ1v) is 11.9. The number of fused-ring (bicyclic) bond motifs is 1. The molecular weight excluding hydrogens is 473 g/mol. The minimum absolute atomic E-state index is 0.0328. The maximum absolute atomic E-state index is 15.5. The highest BCUT2D eigenvalue weighted by Crippen LogP contribution is 2.32. The fourth-order valence-electron chi connectivity index (χ4n) is 4.65. The molecule has 0 radical (unpaired) electrons. The molecule has 0 spiro atoms. The number of Topliss-reactive ketones (excluding diaryl/α,β-unsaturated/α-hetero) is 1. The van der Waals surface area contributed by atoms with E-state index in [-0.39, 0.29) is 24.5 Å². The monoisotopic (exact) mass is 499 g/mol. The van der Waals surface area contributed by atoms with Crippen molar-refractivity contribution in [2.45, 2.75) is 19.1 Å². The fourth-order valence-corrected chi connectivity index (χ4v) is 4.65. The summed E-state index contributed by atoms with van der Waals surface area (Å²) in [5.74, 6) is -1.38. The number of benzene rings is 3. The Labute approximate surface area is 213 Å². The summed E-state index contributed by atoms with van der Waals surface area (Å²) < 4.78 is 17.1. The van der Waals surface area contributed by atoms with Crippen molar-refractivity contribution in [3.63, 3.8) is 0 Å². The van der Waals surface area contributed by atoms with Gasteiger partial charge in [0.2, 0.25) is 11.7 Å². The number of nitrogens with one attached hydrogen (secondary N) is 2. The van der Waals surface area contributed by atoms with E-state index >= 15 is 4.39 Å². The van der Waals surface area contributed by atoms with Crippen molar-refractivity contribution in [1.29, 1.82) is 0 Å². The van der Waals surface area contributed by atoms with Gasteiger partial charge in [0.1, 0.15) is 23.9 Å². The summed E-state index contributed by atoms with van der Waals surface area (Å²) >= 11 is 0. The van der Waals surface area contributed by atoms with Crippen molar-refractivity contribution in [2.75, 3.05) is 13.2 Å². The Kier molecular flexibility index (Phi) is 6.91. The molecule has 4 aromatic rings. The van der Waals surface area contributed by atoms with E-state index in [0.717, 1.165) is 11.1 Å². The van der Waals surface area contributed by atoms with Crippen LogP contribution < -0.4 is 16.4 Å². The zero-order valence-corrected chi connectivity index (χ0v) is 19.9. The topological polar surface area (TPSA) is 122 Å². The number of rotatable bonds is 8. The molecule has 1 unspecified atom stereocenters. The molecule has 1 amide bonds. The van der Waals surface area contributed by atoms with Crippen LogP contribution in [-0.4, -0.2) is 39.5 Å². The Morgan fingerprint density at radius 2 is 2.00 bits per heavy atom. The van der Waals surface area contributed by atoms with Gasteiger partial charge in [0.05, 0.1) is 12.3 Å². The minimum atomic E-state index is -0.891. The van der Waals surface area contributed by atoms with Crippen LogP contribution in [-0.2, 0) is 13.1 Å². The number of aliphatic hydroxyl groups excluding tert-OH is 1. The zero-order valence-electron chi connectivity index (χ0n) is 19.9. The van der Waals surface area contributed by atoms with E-state index in [1.54, 1.807) is 41.0 Å². The number of hydrogen-bond donors (Lipinski definition) is 4. The summed E-state index contributed by atoms with van der Waals surface area (Å²) in [6, 6.07) is 18.3. The van der Waals surface area contributed by atoms with Crippen molar-refractivity contribution < 1.29 is 19.1 Å². The average Bonchev–Trinajstić information content (AvgIpc) is 3.35. The molecule has 3 aromatic carbocycles. The molecule has 9 heteroatoms. The van der Waals surface area contributed by atoms with E-state index in [4.69, 9.17) is 10.8 Å². The number of amides is 1. The number of ketones is 1. The van der Waals surface area contributed by atoms with E-state index in [2.05, 4.69) is 15.6 Å². The molecule has 5 rings (SSSR count). The number of primary amides is 1. The van der Waals surface area contributed by atoms with Gasteiger partial charge in [-0.1, -0.05) is 42.5 Å². The third-order valence-electron chi connectivity index (χ3n) is 6.47. The Hall–Kier alpha value is -4.18. The molecule has 0 saturated heterocycles. The number of carbonyl (C=O) groups is 2. The summed E-state index contributed by atoms with van der Waals surface area (Å²) in [6.45, 7) is 1.31. The number of imidazole rings is 1. The van der Waals surface area contributed by atoms with Crippen LogP contribution in [0.1, 0.15) is 43.7 Å². The molecule has 37 heavy (non-hydrogen) atoms. The molecule has 1 atom stereocenters. The number of hydrogen-bond acceptors (Lipinski definition) is 6. The quantitative estimate of drug-likeness (QED) is 0.277. The Morgan fingerprint density at radius 1 is 1.16 bits per heavy atom. The van der Waals surface area contributed by atoms with Gasteiger partial charge in [-0.05, 0) is 41.0 Å². The van der Waals surface area contributed by atoms with Gasteiger partial charge in [-0.3, -0.25) is 19.5 Å². The normalized spacial score (nSPS) is 15.0. The molecule has 2 heterocycles. The number of halogens is 1. The van der Waals surface area contributed by atoms with Crippen LogP contribution in [0.15, 0.2) is 73.1 Å². The van der Waals surface area contributed by atoms with Crippen LogP contribution in [0.4, 0.5) is 4.39 Å². The van der Waals surface area contributed by atoms with Gasteiger partial charge in [0.15, 0.2) is 0 Å². The highest BCUT2D eigenvalue weighted by atomic mass is 19.1. The zero-order chi connectivity index (χ0) is 25.9. The van der Waals surface area contributed by atoms with Gasteiger partial charge in [0, 0.05) is 36.4 Å². The largest absolute Gasteiger partial charge is 0.395 e. The molecule has 0 saturated carbocycles. The SMILES string of the molecule is NC(=O)c1cccc(-n2cnc3c2C(=O)C(c2ccc(-c4ccccc4CNCCO)cc2F)NC3)c1. The first kappa shape index (κ1) is 24.5. The highest BCUT2D eigenvalue weighted by molar-refractivity contribution is 6.02. The van der Waals surface area contributed by atoms with Crippen LogP contribution in [0.5, 0.6) is 0 Å². The Bertz CT molecular complexity index is 1480. The van der Waals surface area contributed by atoms with Gasteiger partial charge in [-0.2, -0.15) is 0 Å². The molecule has 1 aliphatic rings. The maximum Gasteiger partial charge on any atom is 0.248 e. The van der Waals surface area contributed by atoms with E-state index in [9.17, 15) is 9.59 Å². The molecule has 1 aliphatic heterocycles. The van der Waals surface area contributed by atoms with Crippen LogP contribution >= 0.6 is 0 Å². The van der Waals surface area contributed by atoms with Crippen molar-refractivity contribution >= 4 is 11.7 Å². The molecule has 5 N–H and O–H groups in total. The first-order chi connectivity index (χ1) is 18.0. The number of nitrogens with zero attached hydrogens (tertiary/aromatic N) is 2. The second-order valence-electron chi connectivity index (χ2n) is 8.80. The number of carbonyl (C=O) groups excluding carboxylic acids is 2. The molecule has 0 fully saturated rings. The van der Waals surface area contributed by atoms with E-state index in [0.29, 0.717) is 41.3 Å². The lowest BCUT2D eigenvalue weighted by molar-refractivity contribution is 0.0919. The van der Waals surface area contributed by atoms with Crippen LogP contribution in [0.3, 0.4) is 0 Å². The van der Waals surface area contributed by atoms with Crippen molar-refractivity contribution in [3.05, 3.63) is 107 Å². The summed E-state index contributed by atoms with van der Waals surface area (Å²) in [7, 11) is 0. The van der Waals surface area contributed by atoms with Crippen molar-refractivity contribution in [2.24, 2.45) is 5.73 Å². The lowest BCUT2D eigenvalue weighted by atomic mass is 9.92. The summed E-state index contributed by atoms with van der Waals surface area (Å²) in [5, 5.41) is 15.3. The summed E-state index contributed by atoms with van der Waals surface area (Å²) in [6.07, 6.45) is 1.52. The third-order valence-corrected chi connectivity index (χ3v) is 6.47. The van der Waals surface area contributed by atoms with E-state index in [1.165, 1.54) is 12.4 Å². The third kappa shape index (κ3) is 4.79. The van der Waals surface area contributed by atoms with Gasteiger partial charge in [-0.25, -0.2) is 9.37 Å². The predicted octanol–water partition coefficient (Wildman–Crippen LogP) is 2.89. The Morgan fingerprint density at radius 3 is 2.78 bits per heavy atom. The molecule has 8 nitrogen and oxygen atoms in total. The molecular formula is C28H26FN5O3. The van der Waals surface area contributed by atoms with Crippen molar-refractivity contribution in [1.82, 2.24) is 20.2 Å². The van der Waals surface area contributed by atoms with Gasteiger partial charge in [-0.15, -0.1) is 0 Å². The summed E-state index contributed by atoms with van der Waals surface area (Å²) in [5.41, 5.74) is 9.97. The van der Waals surface area contributed by atoms with Crippen molar-refractivity contribution in [3.8, 4) is 16.8 Å². The van der Waals surface area contributed by atoms with Crippen LogP contribution in [0.2, 0.25) is 0 Å². The number of aliphatic hydroxyl groups is 1. The highest BCUT2D eigenvalue weighted by Gasteiger charge is 2.34. The predicted molar refractivity (Wildman–Crippen MR) is 137 cm³/mol. The second kappa shape index (κ2) is 10.4. The lowest BCUT2D eigenvalue weighted by Gasteiger charge is -2.24. The average molecular weight is 500 g/mol. The molecule has 1 aromatic heterocycles. The Balaban J connectivity index is 1.46. The fraction of sp³-hybridized carbons (Fsp3) is 0.179. The van der Waals surface area contributed by atoms with E-state index < -0.39 is 17.8 Å². The van der Waals surface area contributed by atoms with Gasteiger partial charge >= 0.3 is 0 Å². The van der Waals surface area contributed by atoms with E-state index in [1.807, 2.05) is 24.3 Å². The van der Waals surface area contributed by atoms with Gasteiger partial charge < -0.3 is 16.2 Å². The number of aromatic nitrogens is 2. The second-order valence-corrected chi connectivity index (χ2v) is 8.80. The molecule has 188 valence electrons. The molecule has 0 bridgehead atoms. The van der Waals surface area contributed by atoms with Gasteiger partial charge in [0.25, 0.3) is 0 Å². The first-order valence-electron chi connectivity index (χ1n) is 11.9. The lowest BCUT2D eigenvalue weighted by Crippen LogP contribution is -2.36. The number of nitrogens with two attached hydrogens (primary N) is 1. The van der Waals surface area contributed by atoms with Crippen LogP contribution in [0, 0.1) is 5.82 Å². The summed E-state index contributed by atoms with van der Waals surface area (Å²) in [4.78, 5) is 29.6. The smallest absolute Gasteiger partial charge is 0.248 e. The molecule has 0 aliphatic carbocycles. The minimum Gasteiger partial charge on any atom is -0.395 e. The maximum atomic E-state index is 15.5.